The summed E-state index contributed by atoms with van der Waals surface area (Å²) in [7, 11) is 1.44. The van der Waals surface area contributed by atoms with E-state index in [9.17, 15) is 4.79 Å². The normalized spacial score (nSPS) is 10.0. The third-order valence-electron chi connectivity index (χ3n) is 2.62. The van der Waals surface area contributed by atoms with Crippen molar-refractivity contribution in [1.29, 1.82) is 0 Å². The number of carboxylic acid groups (broad SMARTS) is 1. The van der Waals surface area contributed by atoms with E-state index in [4.69, 9.17) is 9.84 Å². The van der Waals surface area contributed by atoms with Crippen molar-refractivity contribution in [2.45, 2.75) is 6.92 Å². The van der Waals surface area contributed by atoms with Crippen molar-refractivity contribution in [3.8, 4) is 5.75 Å². The third-order valence-corrected chi connectivity index (χ3v) is 2.62. The number of hydrogen-bond donors (Lipinski definition) is 2. The van der Waals surface area contributed by atoms with Gasteiger partial charge >= 0.3 is 5.97 Å². The second kappa shape index (κ2) is 5.39. The molecule has 1 aromatic carbocycles. The average Bonchev–Trinajstić information content (AvgIpc) is 2.41. The van der Waals surface area contributed by atoms with E-state index in [1.807, 2.05) is 19.1 Å². The number of nitrogens with zero attached hydrogens (tertiary/aromatic N) is 1. The van der Waals surface area contributed by atoms with E-state index in [-0.39, 0.29) is 11.3 Å². The number of anilines is 2. The predicted molar refractivity (Wildman–Crippen MR) is 72.2 cm³/mol. The number of rotatable bonds is 4. The van der Waals surface area contributed by atoms with Gasteiger partial charge in [0, 0.05) is 6.20 Å². The fourth-order valence-corrected chi connectivity index (χ4v) is 1.70. The van der Waals surface area contributed by atoms with Crippen molar-refractivity contribution in [2.24, 2.45) is 0 Å². The largest absolute Gasteiger partial charge is 0.494 e. The van der Waals surface area contributed by atoms with Gasteiger partial charge in [0.25, 0.3) is 0 Å². The first-order valence-electron chi connectivity index (χ1n) is 5.72. The van der Waals surface area contributed by atoms with Crippen LogP contribution in [0.1, 0.15) is 15.9 Å². The first-order chi connectivity index (χ1) is 9.11. The number of carbonyl (C=O) groups is 1. The molecule has 0 aliphatic rings. The lowest BCUT2D eigenvalue weighted by Gasteiger charge is -2.12. The zero-order valence-corrected chi connectivity index (χ0v) is 10.7. The maximum Gasteiger partial charge on any atom is 0.339 e. The van der Waals surface area contributed by atoms with Crippen molar-refractivity contribution in [3.05, 3.63) is 47.7 Å². The van der Waals surface area contributed by atoms with Gasteiger partial charge in [0.15, 0.2) is 5.75 Å². The second-order valence-corrected chi connectivity index (χ2v) is 4.04. The standard InChI is InChI=1S/C14H14N2O3/c1-9-6-7-12(15-8-9)16-11-5-3-4-10(14(17)18)13(11)19-2/h3-8H,1-2H3,(H,15,16)(H,17,18). The molecule has 5 heteroatoms. The molecule has 0 saturated heterocycles. The number of methoxy groups -OCH3 is 1. The molecule has 2 N–H and O–H groups in total. The quantitative estimate of drug-likeness (QED) is 0.882. The highest BCUT2D eigenvalue weighted by atomic mass is 16.5. The number of nitrogens with one attached hydrogen (secondary N) is 1. The minimum Gasteiger partial charge on any atom is -0.494 e. The minimum atomic E-state index is -1.03. The van der Waals surface area contributed by atoms with Crippen LogP contribution in [0.25, 0.3) is 0 Å². The number of carboxylic acids is 1. The van der Waals surface area contributed by atoms with Crippen LogP contribution in [-0.2, 0) is 0 Å². The Labute approximate surface area is 110 Å². The van der Waals surface area contributed by atoms with Crippen LogP contribution in [0, 0.1) is 6.92 Å². The van der Waals surface area contributed by atoms with E-state index in [0.717, 1.165) is 5.56 Å². The van der Waals surface area contributed by atoms with Gasteiger partial charge < -0.3 is 15.2 Å². The number of para-hydroxylation sites is 1. The lowest BCUT2D eigenvalue weighted by atomic mass is 10.1. The monoisotopic (exact) mass is 258 g/mol. The van der Waals surface area contributed by atoms with Crippen LogP contribution in [-0.4, -0.2) is 23.2 Å². The third kappa shape index (κ3) is 2.82. The van der Waals surface area contributed by atoms with Crippen LogP contribution in [0.4, 0.5) is 11.5 Å². The number of aromatic nitrogens is 1. The van der Waals surface area contributed by atoms with Gasteiger partial charge in [-0.3, -0.25) is 0 Å². The molecule has 1 heterocycles. The smallest absolute Gasteiger partial charge is 0.339 e. The summed E-state index contributed by atoms with van der Waals surface area (Å²) in [6.07, 6.45) is 1.73. The molecule has 0 amide bonds. The maximum atomic E-state index is 11.1. The molecule has 5 nitrogen and oxygen atoms in total. The van der Waals surface area contributed by atoms with Gasteiger partial charge in [-0.1, -0.05) is 12.1 Å². The summed E-state index contributed by atoms with van der Waals surface area (Å²) < 4.78 is 5.16. The summed E-state index contributed by atoms with van der Waals surface area (Å²) in [4.78, 5) is 15.3. The Morgan fingerprint density at radius 1 is 1.32 bits per heavy atom. The molecule has 0 unspecified atom stereocenters. The predicted octanol–water partition coefficient (Wildman–Crippen LogP) is 2.84. The fraction of sp³-hybridized carbons (Fsp3) is 0.143. The molecule has 0 bridgehead atoms. The molecule has 98 valence electrons. The molecule has 0 radical (unpaired) electrons. The Hall–Kier alpha value is -2.56. The van der Waals surface area contributed by atoms with Gasteiger partial charge in [-0.2, -0.15) is 0 Å². The van der Waals surface area contributed by atoms with Crippen molar-refractivity contribution in [2.75, 3.05) is 12.4 Å². The van der Waals surface area contributed by atoms with Crippen LogP contribution in [0.2, 0.25) is 0 Å². The van der Waals surface area contributed by atoms with Crippen molar-refractivity contribution in [1.82, 2.24) is 4.98 Å². The zero-order valence-electron chi connectivity index (χ0n) is 10.7. The van der Waals surface area contributed by atoms with Crippen LogP contribution in [0.5, 0.6) is 5.75 Å². The maximum absolute atomic E-state index is 11.1. The Morgan fingerprint density at radius 2 is 2.11 bits per heavy atom. The number of pyridine rings is 1. The number of hydrogen-bond acceptors (Lipinski definition) is 4. The van der Waals surface area contributed by atoms with Gasteiger partial charge in [-0.25, -0.2) is 9.78 Å². The van der Waals surface area contributed by atoms with E-state index in [0.29, 0.717) is 11.5 Å². The molecule has 0 saturated carbocycles. The van der Waals surface area contributed by atoms with Crippen molar-refractivity contribution < 1.29 is 14.6 Å². The van der Waals surface area contributed by atoms with E-state index in [1.54, 1.807) is 18.3 Å². The Balaban J connectivity index is 2.37. The van der Waals surface area contributed by atoms with Gasteiger partial charge in [-0.05, 0) is 30.7 Å². The molecule has 0 aliphatic carbocycles. The van der Waals surface area contributed by atoms with Crippen LogP contribution < -0.4 is 10.1 Å². The highest BCUT2D eigenvalue weighted by Gasteiger charge is 2.14. The molecule has 2 aromatic rings. The van der Waals surface area contributed by atoms with Gasteiger partial charge in [-0.15, -0.1) is 0 Å². The van der Waals surface area contributed by atoms with E-state index in [1.165, 1.54) is 13.2 Å². The highest BCUT2D eigenvalue weighted by Crippen LogP contribution is 2.30. The van der Waals surface area contributed by atoms with E-state index in [2.05, 4.69) is 10.3 Å². The second-order valence-electron chi connectivity index (χ2n) is 4.04. The van der Waals surface area contributed by atoms with E-state index >= 15 is 0 Å². The summed E-state index contributed by atoms with van der Waals surface area (Å²) in [6, 6.07) is 8.63. The first-order valence-corrected chi connectivity index (χ1v) is 5.72. The minimum absolute atomic E-state index is 0.111. The van der Waals surface area contributed by atoms with E-state index < -0.39 is 5.97 Å². The van der Waals surface area contributed by atoms with Crippen molar-refractivity contribution >= 4 is 17.5 Å². The molecule has 2 rings (SSSR count). The summed E-state index contributed by atoms with van der Waals surface area (Å²) >= 11 is 0. The highest BCUT2D eigenvalue weighted by molar-refractivity contribution is 5.93. The van der Waals surface area contributed by atoms with Crippen LogP contribution in [0.3, 0.4) is 0 Å². The van der Waals surface area contributed by atoms with Crippen LogP contribution >= 0.6 is 0 Å². The molecular weight excluding hydrogens is 244 g/mol. The van der Waals surface area contributed by atoms with Gasteiger partial charge in [0.1, 0.15) is 11.4 Å². The first kappa shape index (κ1) is 12.9. The Bertz CT molecular complexity index is 594. The Morgan fingerprint density at radius 3 is 2.68 bits per heavy atom. The molecule has 0 fully saturated rings. The SMILES string of the molecule is COc1c(Nc2ccc(C)cn2)cccc1C(=O)O. The average molecular weight is 258 g/mol. The number of ether oxygens (including phenoxy) is 1. The molecule has 0 aliphatic heterocycles. The topological polar surface area (TPSA) is 71.5 Å². The number of aryl methyl sites for hydroxylation is 1. The van der Waals surface area contributed by atoms with Crippen molar-refractivity contribution in [3.63, 3.8) is 0 Å². The molecule has 19 heavy (non-hydrogen) atoms. The van der Waals surface area contributed by atoms with Gasteiger partial charge in [0.05, 0.1) is 12.8 Å². The molecule has 0 spiro atoms. The summed E-state index contributed by atoms with van der Waals surface area (Å²) in [6.45, 7) is 1.95. The van der Waals surface area contributed by atoms with Gasteiger partial charge in [0.2, 0.25) is 0 Å². The number of aromatic carboxylic acids is 1. The summed E-state index contributed by atoms with van der Waals surface area (Å²) in [5.74, 6) is -0.110. The molecular formula is C14H14N2O3. The zero-order chi connectivity index (χ0) is 13.8. The molecule has 0 atom stereocenters. The lowest BCUT2D eigenvalue weighted by Crippen LogP contribution is -2.04. The van der Waals surface area contributed by atoms with Crippen LogP contribution in [0.15, 0.2) is 36.5 Å². The summed E-state index contributed by atoms with van der Waals surface area (Å²) in [5.41, 5.74) is 1.73. The summed E-state index contributed by atoms with van der Waals surface area (Å²) in [5, 5.41) is 12.1. The Kier molecular flexibility index (Phi) is 3.66. The fourth-order valence-electron chi connectivity index (χ4n) is 1.70. The lowest BCUT2D eigenvalue weighted by molar-refractivity contribution is 0.0693. The molecule has 1 aromatic heterocycles. The number of benzene rings is 1.